The number of anilines is 1. The van der Waals surface area contributed by atoms with Crippen molar-refractivity contribution in [3.8, 4) is 0 Å². The van der Waals surface area contributed by atoms with Crippen LogP contribution < -0.4 is 10.0 Å². The lowest BCUT2D eigenvalue weighted by Crippen LogP contribution is -2.30. The lowest BCUT2D eigenvalue weighted by atomic mass is 10.1. The van der Waals surface area contributed by atoms with Crippen LogP contribution in [0, 0.1) is 10.1 Å². The van der Waals surface area contributed by atoms with E-state index in [4.69, 9.17) is 0 Å². The summed E-state index contributed by atoms with van der Waals surface area (Å²) in [6.45, 7) is 1.18. The van der Waals surface area contributed by atoms with Crippen molar-refractivity contribution in [3.63, 3.8) is 0 Å². The van der Waals surface area contributed by atoms with Crippen LogP contribution in [0.25, 0.3) is 0 Å². The van der Waals surface area contributed by atoms with Gasteiger partial charge in [0, 0.05) is 18.6 Å². The molecule has 0 fully saturated rings. The van der Waals surface area contributed by atoms with Crippen molar-refractivity contribution in [3.05, 3.63) is 64.2 Å². The third-order valence-corrected chi connectivity index (χ3v) is 4.39. The molecule has 10 heteroatoms. The van der Waals surface area contributed by atoms with Crippen LogP contribution in [0.4, 0.5) is 11.4 Å². The summed E-state index contributed by atoms with van der Waals surface area (Å²) < 4.78 is 26.1. The summed E-state index contributed by atoms with van der Waals surface area (Å²) in [7, 11) is -4.11. The summed E-state index contributed by atoms with van der Waals surface area (Å²) in [6, 6.07) is 10.4. The maximum absolute atomic E-state index is 12.1. The van der Waals surface area contributed by atoms with Gasteiger partial charge in [0.1, 0.15) is 5.69 Å². The van der Waals surface area contributed by atoms with Crippen molar-refractivity contribution < 1.29 is 22.9 Å². The standard InChI is InChI=1S/C15H13N3O6S/c1-10(19)16-13-8-7-11(9-14(13)18(21)22)15(20)17-25(23,24)12-5-3-2-4-6-12/h2-9H,1H3,(H,16,19)(H,17,20). The number of nitrogens with one attached hydrogen (secondary N) is 2. The summed E-state index contributed by atoms with van der Waals surface area (Å²) in [5.41, 5.74) is -0.861. The van der Waals surface area contributed by atoms with E-state index < -0.39 is 32.4 Å². The minimum Gasteiger partial charge on any atom is -0.321 e. The number of rotatable bonds is 5. The van der Waals surface area contributed by atoms with Crippen molar-refractivity contribution in [1.82, 2.24) is 4.72 Å². The summed E-state index contributed by atoms with van der Waals surface area (Å²) in [5.74, 6) is -1.55. The van der Waals surface area contributed by atoms with Gasteiger partial charge in [-0.3, -0.25) is 19.7 Å². The molecule has 2 aromatic carbocycles. The Morgan fingerprint density at radius 3 is 2.28 bits per heavy atom. The van der Waals surface area contributed by atoms with Gasteiger partial charge in [0.2, 0.25) is 5.91 Å². The molecule has 0 aliphatic heterocycles. The smallest absolute Gasteiger partial charge is 0.293 e. The number of benzene rings is 2. The van der Waals surface area contributed by atoms with E-state index in [1.54, 1.807) is 6.07 Å². The average molecular weight is 363 g/mol. The van der Waals surface area contributed by atoms with E-state index in [0.717, 1.165) is 12.1 Å². The second kappa shape index (κ2) is 7.09. The Labute approximate surface area is 142 Å². The monoisotopic (exact) mass is 363 g/mol. The zero-order valence-corrected chi connectivity index (χ0v) is 13.7. The summed E-state index contributed by atoms with van der Waals surface area (Å²) >= 11 is 0. The molecule has 0 saturated carbocycles. The van der Waals surface area contributed by atoms with E-state index in [0.29, 0.717) is 0 Å². The topological polar surface area (TPSA) is 135 Å². The van der Waals surface area contributed by atoms with Crippen LogP contribution in [0.1, 0.15) is 17.3 Å². The van der Waals surface area contributed by atoms with Crippen LogP contribution in [0.2, 0.25) is 0 Å². The van der Waals surface area contributed by atoms with Crippen LogP contribution in [0.5, 0.6) is 0 Å². The van der Waals surface area contributed by atoms with Crippen LogP contribution in [0.3, 0.4) is 0 Å². The van der Waals surface area contributed by atoms with Crippen LogP contribution in [-0.4, -0.2) is 25.2 Å². The molecule has 0 heterocycles. The van der Waals surface area contributed by atoms with Gasteiger partial charge in [-0.25, -0.2) is 13.1 Å². The summed E-state index contributed by atoms with van der Waals surface area (Å²) in [5, 5.41) is 13.4. The lowest BCUT2D eigenvalue weighted by Gasteiger charge is -2.08. The Balaban J connectivity index is 2.32. The number of sulfonamides is 1. The predicted octanol–water partition coefficient (Wildman–Crippen LogP) is 1.67. The molecule has 0 aliphatic rings. The van der Waals surface area contributed by atoms with Crippen LogP contribution in [-0.2, 0) is 14.8 Å². The highest BCUT2D eigenvalue weighted by atomic mass is 32.2. The maximum atomic E-state index is 12.1. The summed E-state index contributed by atoms with van der Waals surface area (Å²) in [4.78, 5) is 33.4. The fraction of sp³-hybridized carbons (Fsp3) is 0.0667. The number of carbonyl (C=O) groups excluding carboxylic acids is 2. The van der Waals surface area contributed by atoms with Crippen molar-refractivity contribution in [2.45, 2.75) is 11.8 Å². The maximum Gasteiger partial charge on any atom is 0.293 e. The Kier molecular flexibility index (Phi) is 5.13. The number of amides is 2. The van der Waals surface area contributed by atoms with E-state index >= 15 is 0 Å². The van der Waals surface area contributed by atoms with E-state index in [-0.39, 0.29) is 16.1 Å². The van der Waals surface area contributed by atoms with Gasteiger partial charge in [-0.1, -0.05) is 18.2 Å². The Morgan fingerprint density at radius 1 is 1.08 bits per heavy atom. The van der Waals surface area contributed by atoms with E-state index in [1.165, 1.54) is 37.3 Å². The normalized spacial score (nSPS) is 10.8. The average Bonchev–Trinajstić information content (AvgIpc) is 2.54. The molecule has 0 aromatic heterocycles. The minimum absolute atomic E-state index is 0.0973. The zero-order valence-electron chi connectivity index (χ0n) is 12.9. The number of carbonyl (C=O) groups is 2. The van der Waals surface area contributed by atoms with E-state index in [1.807, 2.05) is 4.72 Å². The first-order valence-electron chi connectivity index (χ1n) is 6.89. The quantitative estimate of drug-likeness (QED) is 0.613. The lowest BCUT2D eigenvalue weighted by molar-refractivity contribution is -0.384. The number of nitro groups is 1. The molecule has 25 heavy (non-hydrogen) atoms. The van der Waals surface area contributed by atoms with Crippen LogP contribution in [0.15, 0.2) is 53.4 Å². The summed E-state index contributed by atoms with van der Waals surface area (Å²) in [6.07, 6.45) is 0. The minimum atomic E-state index is -4.11. The Morgan fingerprint density at radius 2 is 1.72 bits per heavy atom. The molecule has 0 unspecified atom stereocenters. The first-order valence-corrected chi connectivity index (χ1v) is 8.37. The van der Waals surface area contributed by atoms with E-state index in [9.17, 15) is 28.1 Å². The van der Waals surface area contributed by atoms with Crippen molar-refractivity contribution in [1.29, 1.82) is 0 Å². The molecular weight excluding hydrogens is 350 g/mol. The molecule has 130 valence electrons. The first kappa shape index (κ1) is 18.1. The van der Waals surface area contributed by atoms with E-state index in [2.05, 4.69) is 5.32 Å². The van der Waals surface area contributed by atoms with Gasteiger partial charge in [0.05, 0.1) is 9.82 Å². The largest absolute Gasteiger partial charge is 0.321 e. The highest BCUT2D eigenvalue weighted by Crippen LogP contribution is 2.25. The first-order chi connectivity index (χ1) is 11.7. The molecular formula is C15H13N3O6S. The molecule has 0 atom stereocenters. The highest BCUT2D eigenvalue weighted by Gasteiger charge is 2.22. The molecule has 0 radical (unpaired) electrons. The molecule has 9 nitrogen and oxygen atoms in total. The fourth-order valence-electron chi connectivity index (χ4n) is 1.96. The predicted molar refractivity (Wildman–Crippen MR) is 88.5 cm³/mol. The molecule has 0 aliphatic carbocycles. The SMILES string of the molecule is CC(=O)Nc1ccc(C(=O)NS(=O)(=O)c2ccccc2)cc1[N+](=O)[O-]. The van der Waals surface area contributed by atoms with Gasteiger partial charge in [-0.15, -0.1) is 0 Å². The number of hydrogen-bond donors (Lipinski definition) is 2. The van der Waals surface area contributed by atoms with Gasteiger partial charge >= 0.3 is 0 Å². The highest BCUT2D eigenvalue weighted by molar-refractivity contribution is 7.90. The molecule has 0 saturated heterocycles. The number of nitro benzene ring substituents is 1. The molecule has 0 spiro atoms. The number of hydrogen-bond acceptors (Lipinski definition) is 6. The van der Waals surface area contributed by atoms with Gasteiger partial charge < -0.3 is 5.32 Å². The van der Waals surface area contributed by atoms with Gasteiger partial charge in [0.15, 0.2) is 0 Å². The number of nitrogens with zero attached hydrogens (tertiary/aromatic N) is 1. The van der Waals surface area contributed by atoms with Crippen molar-refractivity contribution in [2.75, 3.05) is 5.32 Å². The molecule has 2 amide bonds. The second-order valence-electron chi connectivity index (χ2n) is 4.92. The molecule has 2 rings (SSSR count). The fourth-order valence-corrected chi connectivity index (χ4v) is 2.95. The van der Waals surface area contributed by atoms with Gasteiger partial charge in [-0.05, 0) is 24.3 Å². The third-order valence-electron chi connectivity index (χ3n) is 3.05. The Hall–Kier alpha value is -3.27. The molecule has 2 aromatic rings. The zero-order chi connectivity index (χ0) is 18.6. The second-order valence-corrected chi connectivity index (χ2v) is 6.60. The molecule has 2 N–H and O–H groups in total. The Bertz CT molecular complexity index is 941. The van der Waals surface area contributed by atoms with Gasteiger partial charge in [0.25, 0.3) is 21.6 Å². The van der Waals surface area contributed by atoms with Gasteiger partial charge in [-0.2, -0.15) is 0 Å². The molecule has 0 bridgehead atoms. The van der Waals surface area contributed by atoms with Crippen molar-refractivity contribution in [2.24, 2.45) is 0 Å². The van der Waals surface area contributed by atoms with Crippen molar-refractivity contribution >= 4 is 33.2 Å². The van der Waals surface area contributed by atoms with Crippen LogP contribution >= 0.6 is 0 Å². The third kappa shape index (κ3) is 4.38.